The van der Waals surface area contributed by atoms with Gasteiger partial charge in [0.2, 0.25) is 0 Å². The molecule has 1 amide bonds. The number of aryl methyl sites for hydroxylation is 1. The highest BCUT2D eigenvalue weighted by atomic mass is 16.5. The van der Waals surface area contributed by atoms with Crippen molar-refractivity contribution in [3.63, 3.8) is 0 Å². The van der Waals surface area contributed by atoms with Crippen LogP contribution in [0, 0.1) is 6.92 Å². The van der Waals surface area contributed by atoms with Crippen molar-refractivity contribution in [2.45, 2.75) is 31.4 Å². The molecule has 1 saturated heterocycles. The number of amides is 1. The summed E-state index contributed by atoms with van der Waals surface area (Å²) in [4.78, 5) is 13.2. The minimum atomic E-state index is -0.928. The van der Waals surface area contributed by atoms with Crippen LogP contribution in [0.3, 0.4) is 0 Å². The minimum Gasteiger partial charge on any atom is -0.477 e. The molecule has 2 aromatic carbocycles. The van der Waals surface area contributed by atoms with E-state index in [0.29, 0.717) is 31.7 Å². The lowest BCUT2D eigenvalue weighted by Gasteiger charge is -2.37. The topological polar surface area (TPSA) is 70.6 Å². The summed E-state index contributed by atoms with van der Waals surface area (Å²) in [6.07, 6.45) is 1.17. The van der Waals surface area contributed by atoms with Gasteiger partial charge < -0.3 is 20.5 Å². The summed E-state index contributed by atoms with van der Waals surface area (Å²) in [5.74, 6) is 0.510. The zero-order valence-electron chi connectivity index (χ0n) is 15.1. The molecule has 2 aromatic rings. The van der Waals surface area contributed by atoms with Gasteiger partial charge in [-0.2, -0.15) is 0 Å². The molecule has 0 aromatic heterocycles. The van der Waals surface area contributed by atoms with Crippen LogP contribution < -0.4 is 15.4 Å². The molecule has 1 unspecified atom stereocenters. The van der Waals surface area contributed by atoms with Gasteiger partial charge in [-0.25, -0.2) is 0 Å². The van der Waals surface area contributed by atoms with Crippen LogP contribution in [0.15, 0.2) is 54.6 Å². The Bertz CT molecular complexity index is 710. The van der Waals surface area contributed by atoms with Crippen LogP contribution in [-0.4, -0.2) is 36.3 Å². The van der Waals surface area contributed by atoms with Gasteiger partial charge in [0.25, 0.3) is 5.91 Å². The molecule has 1 heterocycles. The van der Waals surface area contributed by atoms with Crippen molar-refractivity contribution in [3.05, 3.63) is 65.7 Å². The van der Waals surface area contributed by atoms with E-state index in [0.717, 1.165) is 11.1 Å². The molecule has 0 bridgehead atoms. The first-order valence-corrected chi connectivity index (χ1v) is 9.06. The highest BCUT2D eigenvalue weighted by Crippen LogP contribution is 2.28. The third kappa shape index (κ3) is 4.23. The average molecular weight is 354 g/mol. The normalized spacial score (nSPS) is 17.3. The van der Waals surface area contributed by atoms with E-state index in [4.69, 9.17) is 4.74 Å². The summed E-state index contributed by atoms with van der Waals surface area (Å²) in [5, 5.41) is 16.0. The van der Waals surface area contributed by atoms with E-state index >= 15 is 0 Å². The molecule has 26 heavy (non-hydrogen) atoms. The van der Waals surface area contributed by atoms with E-state index < -0.39 is 11.6 Å². The van der Waals surface area contributed by atoms with Gasteiger partial charge in [-0.3, -0.25) is 4.79 Å². The Balaban J connectivity index is 1.79. The Kier molecular flexibility index (Phi) is 5.91. The maximum Gasteiger partial charge on any atom is 0.264 e. The van der Waals surface area contributed by atoms with Gasteiger partial charge in [-0.1, -0.05) is 48.0 Å². The molecule has 3 rings (SSSR count). The lowest BCUT2D eigenvalue weighted by molar-refractivity contribution is -0.140. The number of nitrogens with one attached hydrogen (secondary N) is 2. The zero-order chi connectivity index (χ0) is 18.4. The number of aliphatic hydroxyl groups excluding tert-OH is 1. The molecule has 0 radical (unpaired) electrons. The number of carbonyl (C=O) groups excluding carboxylic acids is 1. The Morgan fingerprint density at radius 1 is 1.15 bits per heavy atom. The van der Waals surface area contributed by atoms with Crippen molar-refractivity contribution in [1.29, 1.82) is 0 Å². The van der Waals surface area contributed by atoms with Crippen LogP contribution in [0.5, 0.6) is 5.75 Å². The van der Waals surface area contributed by atoms with Crippen LogP contribution in [0.25, 0.3) is 0 Å². The summed E-state index contributed by atoms with van der Waals surface area (Å²) in [6, 6.07) is 16.8. The van der Waals surface area contributed by atoms with E-state index in [1.54, 1.807) is 0 Å². The fraction of sp³-hybridized carbons (Fsp3) is 0.381. The van der Waals surface area contributed by atoms with Gasteiger partial charge in [0, 0.05) is 12.8 Å². The Morgan fingerprint density at radius 3 is 2.42 bits per heavy atom. The molecule has 0 aliphatic carbocycles. The van der Waals surface area contributed by atoms with Crippen molar-refractivity contribution >= 4 is 5.91 Å². The molecule has 5 nitrogen and oxygen atoms in total. The van der Waals surface area contributed by atoms with Crippen molar-refractivity contribution < 1.29 is 14.6 Å². The molecular weight excluding hydrogens is 328 g/mol. The van der Waals surface area contributed by atoms with E-state index in [1.807, 2.05) is 61.5 Å². The molecule has 1 fully saturated rings. The molecule has 5 heteroatoms. The van der Waals surface area contributed by atoms with E-state index in [1.165, 1.54) is 0 Å². The maximum atomic E-state index is 13.2. The number of ether oxygens (including phenoxy) is 1. The quantitative estimate of drug-likeness (QED) is 0.745. The number of carbonyl (C=O) groups is 1. The third-order valence-corrected chi connectivity index (χ3v) is 4.85. The average Bonchev–Trinajstić information content (AvgIpc) is 2.69. The molecule has 138 valence electrons. The van der Waals surface area contributed by atoms with Gasteiger partial charge in [0.05, 0.1) is 12.6 Å². The first-order valence-electron chi connectivity index (χ1n) is 9.06. The highest BCUT2D eigenvalue weighted by molar-refractivity contribution is 5.86. The molecular formula is C21H26N2O3. The van der Waals surface area contributed by atoms with Crippen LogP contribution in [0.1, 0.15) is 30.0 Å². The van der Waals surface area contributed by atoms with Crippen LogP contribution >= 0.6 is 0 Å². The molecule has 0 saturated carbocycles. The van der Waals surface area contributed by atoms with Gasteiger partial charge in [-0.05, 0) is 37.7 Å². The fourth-order valence-corrected chi connectivity index (χ4v) is 3.25. The second-order valence-corrected chi connectivity index (χ2v) is 6.78. The molecule has 3 N–H and O–H groups in total. The van der Waals surface area contributed by atoms with Crippen molar-refractivity contribution in [2.24, 2.45) is 0 Å². The maximum absolute atomic E-state index is 13.2. The SMILES string of the molecule is Cc1ccc(OC2(C(=O)NC(CO)c3ccccc3)CCNCC2)cc1. The van der Waals surface area contributed by atoms with Crippen LogP contribution in [-0.2, 0) is 4.79 Å². The summed E-state index contributed by atoms with van der Waals surface area (Å²) in [6.45, 7) is 3.29. The van der Waals surface area contributed by atoms with Crippen LogP contribution in [0.2, 0.25) is 0 Å². The van der Waals surface area contributed by atoms with Gasteiger partial charge in [-0.15, -0.1) is 0 Å². The number of piperidine rings is 1. The summed E-state index contributed by atoms with van der Waals surface area (Å²) < 4.78 is 6.21. The number of hydrogen-bond acceptors (Lipinski definition) is 4. The second-order valence-electron chi connectivity index (χ2n) is 6.78. The van der Waals surface area contributed by atoms with Crippen molar-refractivity contribution in [2.75, 3.05) is 19.7 Å². The zero-order valence-corrected chi connectivity index (χ0v) is 15.1. The highest BCUT2D eigenvalue weighted by Gasteiger charge is 2.42. The van der Waals surface area contributed by atoms with E-state index in [-0.39, 0.29) is 12.5 Å². The minimum absolute atomic E-state index is 0.158. The first-order chi connectivity index (χ1) is 12.6. The Morgan fingerprint density at radius 2 is 1.81 bits per heavy atom. The molecule has 1 atom stereocenters. The van der Waals surface area contributed by atoms with Gasteiger partial charge in [0.15, 0.2) is 5.60 Å². The number of rotatable bonds is 6. The number of aliphatic hydroxyl groups is 1. The van der Waals surface area contributed by atoms with Gasteiger partial charge >= 0.3 is 0 Å². The monoisotopic (exact) mass is 354 g/mol. The molecule has 0 spiro atoms. The lowest BCUT2D eigenvalue weighted by atomic mass is 9.90. The van der Waals surface area contributed by atoms with E-state index in [2.05, 4.69) is 10.6 Å². The van der Waals surface area contributed by atoms with Crippen LogP contribution in [0.4, 0.5) is 0 Å². The summed E-state index contributed by atoms with van der Waals surface area (Å²) >= 11 is 0. The Hall–Kier alpha value is -2.37. The van der Waals surface area contributed by atoms with E-state index in [9.17, 15) is 9.90 Å². The molecule has 1 aliphatic rings. The molecule has 1 aliphatic heterocycles. The van der Waals surface area contributed by atoms with Crippen molar-refractivity contribution in [1.82, 2.24) is 10.6 Å². The third-order valence-electron chi connectivity index (χ3n) is 4.85. The predicted molar refractivity (Wildman–Crippen MR) is 101 cm³/mol. The second kappa shape index (κ2) is 8.34. The first kappa shape index (κ1) is 18.4. The standard InChI is InChI=1S/C21H26N2O3/c1-16-7-9-18(10-8-16)26-21(11-13-22-14-12-21)20(25)23-19(15-24)17-5-3-2-4-6-17/h2-10,19,22,24H,11-15H2,1H3,(H,23,25). The largest absolute Gasteiger partial charge is 0.477 e. The summed E-state index contributed by atoms with van der Waals surface area (Å²) in [5.41, 5.74) is 1.09. The predicted octanol–water partition coefficient (Wildman–Crippen LogP) is 2.35. The van der Waals surface area contributed by atoms with Crippen molar-refractivity contribution in [3.8, 4) is 5.75 Å². The Labute approximate surface area is 154 Å². The summed E-state index contributed by atoms with van der Waals surface area (Å²) in [7, 11) is 0. The lowest BCUT2D eigenvalue weighted by Crippen LogP contribution is -2.57. The fourth-order valence-electron chi connectivity index (χ4n) is 3.25. The number of hydrogen-bond donors (Lipinski definition) is 3. The smallest absolute Gasteiger partial charge is 0.264 e. The number of benzene rings is 2. The van der Waals surface area contributed by atoms with Gasteiger partial charge in [0.1, 0.15) is 5.75 Å².